The highest BCUT2D eigenvalue weighted by Crippen LogP contribution is 2.24. The molecule has 0 radical (unpaired) electrons. The number of carbonyl (C=O) groups is 1. The Morgan fingerprint density at radius 1 is 1.21 bits per heavy atom. The highest BCUT2D eigenvalue weighted by molar-refractivity contribution is 6.43. The third-order valence-corrected chi connectivity index (χ3v) is 4.35. The van der Waals surface area contributed by atoms with Gasteiger partial charge in [-0.15, -0.1) is 0 Å². The first-order valence-electron chi connectivity index (χ1n) is 7.39. The van der Waals surface area contributed by atoms with Crippen LogP contribution in [0.1, 0.15) is 23.6 Å². The van der Waals surface area contributed by atoms with Crippen LogP contribution >= 0.6 is 23.2 Å². The number of aryl methyl sites for hydroxylation is 2. The second-order valence-corrected chi connectivity index (χ2v) is 6.17. The van der Waals surface area contributed by atoms with Gasteiger partial charge in [0, 0.05) is 5.56 Å². The van der Waals surface area contributed by atoms with Crippen LogP contribution in [0.25, 0.3) is 0 Å². The van der Waals surface area contributed by atoms with Gasteiger partial charge in [0.25, 0.3) is 5.91 Å². The summed E-state index contributed by atoms with van der Waals surface area (Å²) in [5.74, 6) is 0.283. The van der Waals surface area contributed by atoms with Crippen molar-refractivity contribution < 1.29 is 9.53 Å². The molecule has 0 saturated carbocycles. The fourth-order valence-corrected chi connectivity index (χ4v) is 2.28. The topological polar surface area (TPSA) is 50.7 Å². The summed E-state index contributed by atoms with van der Waals surface area (Å²) in [7, 11) is 0. The second-order valence-electron chi connectivity index (χ2n) is 5.38. The van der Waals surface area contributed by atoms with Crippen molar-refractivity contribution in [2.24, 2.45) is 5.10 Å². The quantitative estimate of drug-likeness (QED) is 0.625. The second kappa shape index (κ2) is 8.18. The van der Waals surface area contributed by atoms with Crippen molar-refractivity contribution in [3.63, 3.8) is 0 Å². The molecule has 2 aromatic carbocycles. The van der Waals surface area contributed by atoms with E-state index in [-0.39, 0.29) is 5.91 Å². The molecule has 0 aromatic heterocycles. The molecule has 0 spiro atoms. The summed E-state index contributed by atoms with van der Waals surface area (Å²) >= 11 is 12.0. The lowest BCUT2D eigenvalue weighted by Gasteiger charge is -2.14. The van der Waals surface area contributed by atoms with Gasteiger partial charge in [0.05, 0.1) is 16.3 Å². The van der Waals surface area contributed by atoms with Gasteiger partial charge in [-0.25, -0.2) is 5.43 Å². The van der Waals surface area contributed by atoms with E-state index in [1.54, 1.807) is 25.1 Å². The molecule has 2 rings (SSSR count). The Labute approximate surface area is 151 Å². The van der Waals surface area contributed by atoms with Crippen LogP contribution in [0.15, 0.2) is 41.5 Å². The molecule has 1 atom stereocenters. The van der Waals surface area contributed by atoms with E-state index in [1.165, 1.54) is 11.8 Å². The molecule has 1 amide bonds. The average Bonchev–Trinajstić information content (AvgIpc) is 2.54. The first kappa shape index (κ1) is 18.3. The maximum Gasteiger partial charge on any atom is 0.280 e. The average molecular weight is 365 g/mol. The molecule has 0 fully saturated rings. The van der Waals surface area contributed by atoms with Crippen LogP contribution in [0.2, 0.25) is 10.0 Å². The standard InChI is InChI=1S/C18H18Cl2N2O2/c1-11-7-8-15(9-12(11)2)24-13(3)18(23)22-21-10-14-5-4-6-16(19)17(14)20/h4-10,13H,1-3H3,(H,22,23)/b21-10+. The van der Waals surface area contributed by atoms with Crippen LogP contribution in [0, 0.1) is 13.8 Å². The summed E-state index contributed by atoms with van der Waals surface area (Å²) in [5, 5.41) is 4.71. The van der Waals surface area contributed by atoms with Gasteiger partial charge >= 0.3 is 0 Å². The number of rotatable bonds is 5. The number of amides is 1. The van der Waals surface area contributed by atoms with E-state index in [0.29, 0.717) is 21.4 Å². The molecule has 2 aromatic rings. The number of nitrogens with one attached hydrogen (secondary N) is 1. The zero-order valence-electron chi connectivity index (χ0n) is 13.6. The third kappa shape index (κ3) is 4.73. The Bertz CT molecular complexity index is 776. The summed E-state index contributed by atoms with van der Waals surface area (Å²) in [6.07, 6.45) is 0.758. The molecule has 0 saturated heterocycles. The van der Waals surface area contributed by atoms with Gasteiger partial charge < -0.3 is 4.74 Å². The SMILES string of the molecule is Cc1ccc(OC(C)C(=O)N/N=C/c2cccc(Cl)c2Cl)cc1C. The van der Waals surface area contributed by atoms with Crippen molar-refractivity contribution in [2.75, 3.05) is 0 Å². The normalized spacial score (nSPS) is 12.2. The number of carbonyl (C=O) groups excluding carboxylic acids is 1. The number of hydrazone groups is 1. The van der Waals surface area contributed by atoms with Crippen LogP contribution in [0.5, 0.6) is 5.75 Å². The van der Waals surface area contributed by atoms with Gasteiger partial charge in [-0.1, -0.05) is 41.4 Å². The van der Waals surface area contributed by atoms with Crippen molar-refractivity contribution in [1.82, 2.24) is 5.43 Å². The van der Waals surface area contributed by atoms with Crippen molar-refractivity contribution in [1.29, 1.82) is 0 Å². The van der Waals surface area contributed by atoms with Gasteiger partial charge in [0.15, 0.2) is 6.10 Å². The van der Waals surface area contributed by atoms with Gasteiger partial charge in [-0.05, 0) is 50.1 Å². The van der Waals surface area contributed by atoms with Crippen molar-refractivity contribution in [3.05, 3.63) is 63.1 Å². The van der Waals surface area contributed by atoms with Crippen LogP contribution in [0.4, 0.5) is 0 Å². The lowest BCUT2D eigenvalue weighted by molar-refractivity contribution is -0.127. The maximum atomic E-state index is 12.0. The molecule has 1 N–H and O–H groups in total. The van der Waals surface area contributed by atoms with E-state index in [9.17, 15) is 4.79 Å². The molecule has 0 aliphatic rings. The third-order valence-electron chi connectivity index (χ3n) is 3.52. The Morgan fingerprint density at radius 3 is 2.67 bits per heavy atom. The van der Waals surface area contributed by atoms with Gasteiger partial charge in [-0.2, -0.15) is 5.10 Å². The number of hydrogen-bond acceptors (Lipinski definition) is 3. The lowest BCUT2D eigenvalue weighted by atomic mass is 10.1. The highest BCUT2D eigenvalue weighted by atomic mass is 35.5. The molecule has 6 heteroatoms. The molecular weight excluding hydrogens is 347 g/mol. The Morgan fingerprint density at radius 2 is 1.96 bits per heavy atom. The Balaban J connectivity index is 1.95. The summed E-state index contributed by atoms with van der Waals surface area (Å²) in [6, 6.07) is 10.9. The van der Waals surface area contributed by atoms with E-state index < -0.39 is 6.10 Å². The number of ether oxygens (including phenoxy) is 1. The monoisotopic (exact) mass is 364 g/mol. The molecule has 0 aliphatic heterocycles. The van der Waals surface area contributed by atoms with Gasteiger partial charge in [-0.3, -0.25) is 4.79 Å². The van der Waals surface area contributed by atoms with Crippen molar-refractivity contribution in [2.45, 2.75) is 26.9 Å². The van der Waals surface area contributed by atoms with Crippen LogP contribution < -0.4 is 10.2 Å². The minimum absolute atomic E-state index is 0.359. The fraction of sp³-hybridized carbons (Fsp3) is 0.222. The molecule has 24 heavy (non-hydrogen) atoms. The largest absolute Gasteiger partial charge is 0.481 e. The first-order chi connectivity index (χ1) is 11.4. The smallest absolute Gasteiger partial charge is 0.280 e. The highest BCUT2D eigenvalue weighted by Gasteiger charge is 2.14. The summed E-state index contributed by atoms with van der Waals surface area (Å²) in [6.45, 7) is 5.67. The summed E-state index contributed by atoms with van der Waals surface area (Å²) < 4.78 is 5.62. The van der Waals surface area contributed by atoms with Crippen molar-refractivity contribution in [3.8, 4) is 5.75 Å². The van der Waals surface area contributed by atoms with E-state index in [2.05, 4.69) is 10.5 Å². The minimum Gasteiger partial charge on any atom is -0.481 e. The van der Waals surface area contributed by atoms with E-state index in [1.807, 2.05) is 32.0 Å². The molecule has 0 aliphatic carbocycles. The van der Waals surface area contributed by atoms with Crippen LogP contribution in [-0.4, -0.2) is 18.2 Å². The Hall–Kier alpha value is -2.04. The number of nitrogens with zero attached hydrogens (tertiary/aromatic N) is 1. The molecular formula is C18H18Cl2N2O2. The van der Waals surface area contributed by atoms with E-state index >= 15 is 0 Å². The van der Waals surface area contributed by atoms with Crippen molar-refractivity contribution >= 4 is 35.3 Å². The fourth-order valence-electron chi connectivity index (χ4n) is 1.92. The molecule has 4 nitrogen and oxygen atoms in total. The maximum absolute atomic E-state index is 12.0. The first-order valence-corrected chi connectivity index (χ1v) is 8.15. The van der Waals surface area contributed by atoms with E-state index in [4.69, 9.17) is 27.9 Å². The molecule has 1 unspecified atom stereocenters. The zero-order valence-corrected chi connectivity index (χ0v) is 15.2. The predicted octanol–water partition coefficient (Wildman–Crippen LogP) is 4.53. The minimum atomic E-state index is -0.681. The van der Waals surface area contributed by atoms with Gasteiger partial charge in [0.1, 0.15) is 5.75 Å². The number of hydrogen-bond donors (Lipinski definition) is 1. The number of halogens is 2. The van der Waals surface area contributed by atoms with Crippen LogP contribution in [-0.2, 0) is 4.79 Å². The molecule has 0 bridgehead atoms. The Kier molecular flexibility index (Phi) is 6.23. The number of benzene rings is 2. The molecule has 0 heterocycles. The van der Waals surface area contributed by atoms with Crippen LogP contribution in [0.3, 0.4) is 0 Å². The van der Waals surface area contributed by atoms with E-state index in [0.717, 1.165) is 5.56 Å². The lowest BCUT2D eigenvalue weighted by Crippen LogP contribution is -2.33. The predicted molar refractivity (Wildman–Crippen MR) is 98.2 cm³/mol. The summed E-state index contributed by atoms with van der Waals surface area (Å²) in [5.41, 5.74) is 5.32. The zero-order chi connectivity index (χ0) is 17.7. The molecule has 126 valence electrons. The van der Waals surface area contributed by atoms with Gasteiger partial charge in [0.2, 0.25) is 0 Å². The summed E-state index contributed by atoms with van der Waals surface area (Å²) in [4.78, 5) is 12.0.